The molecule has 7 nitrogen and oxygen atoms in total. The highest BCUT2D eigenvalue weighted by Gasteiger charge is 2.29. The van der Waals surface area contributed by atoms with Gasteiger partial charge in [0, 0.05) is 61.1 Å². The predicted octanol–water partition coefficient (Wildman–Crippen LogP) is 4.60. The number of aromatic nitrogens is 3. The van der Waals surface area contributed by atoms with Crippen molar-refractivity contribution in [2.24, 2.45) is 7.05 Å². The Morgan fingerprint density at radius 1 is 1.31 bits per heavy atom. The van der Waals surface area contributed by atoms with Gasteiger partial charge in [0.05, 0.1) is 5.69 Å². The lowest BCUT2D eigenvalue weighted by Gasteiger charge is -2.29. The summed E-state index contributed by atoms with van der Waals surface area (Å²) >= 11 is 0. The van der Waals surface area contributed by atoms with Crippen molar-refractivity contribution in [2.45, 2.75) is 38.8 Å². The molecule has 36 heavy (non-hydrogen) atoms. The van der Waals surface area contributed by atoms with E-state index in [9.17, 15) is 9.18 Å². The van der Waals surface area contributed by atoms with Gasteiger partial charge in [-0.25, -0.2) is 9.87 Å². The number of hydrogen-bond donors (Lipinski definition) is 3. The Morgan fingerprint density at radius 3 is 2.94 bits per heavy atom. The first-order valence-electron chi connectivity index (χ1n) is 12.1. The number of halogens is 1. The molecule has 4 aromatic rings. The summed E-state index contributed by atoms with van der Waals surface area (Å²) in [4.78, 5) is 17.1. The van der Waals surface area contributed by atoms with Crippen molar-refractivity contribution in [3.8, 4) is 0 Å². The van der Waals surface area contributed by atoms with Crippen LogP contribution in [0.4, 0.5) is 4.39 Å². The number of hydrogen-bond acceptors (Lipinski definition) is 4. The number of nitrogens with zero attached hydrogens (tertiary/aromatic N) is 3. The number of hydroxylamine groups is 1. The van der Waals surface area contributed by atoms with Gasteiger partial charge in [0.2, 0.25) is 0 Å². The third kappa shape index (κ3) is 4.96. The van der Waals surface area contributed by atoms with E-state index in [2.05, 4.69) is 33.3 Å². The zero-order valence-electron chi connectivity index (χ0n) is 20.5. The number of aromatic amines is 1. The van der Waals surface area contributed by atoms with Crippen molar-refractivity contribution in [3.63, 3.8) is 0 Å². The highest BCUT2D eigenvalue weighted by Crippen LogP contribution is 2.38. The lowest BCUT2D eigenvalue weighted by atomic mass is 10.0. The first-order chi connectivity index (χ1) is 17.4. The van der Waals surface area contributed by atoms with Crippen LogP contribution in [-0.2, 0) is 31.2 Å². The highest BCUT2D eigenvalue weighted by atomic mass is 19.1. The monoisotopic (exact) mass is 487 g/mol. The van der Waals surface area contributed by atoms with Crippen molar-refractivity contribution >= 4 is 22.9 Å². The van der Waals surface area contributed by atoms with Gasteiger partial charge in [0.25, 0.3) is 5.91 Å². The molecule has 1 unspecified atom stereocenters. The number of fused-ring (bicyclic) bond motifs is 2. The summed E-state index contributed by atoms with van der Waals surface area (Å²) in [6, 6.07) is 11.5. The molecule has 1 atom stereocenters. The van der Waals surface area contributed by atoms with E-state index in [4.69, 9.17) is 5.21 Å². The maximum Gasteiger partial charge on any atom is 0.267 e. The van der Waals surface area contributed by atoms with Gasteiger partial charge >= 0.3 is 0 Å². The number of carbonyl (C=O) groups excluding carboxylic acids is 1. The molecule has 0 saturated heterocycles. The van der Waals surface area contributed by atoms with Gasteiger partial charge in [-0.2, -0.15) is 5.10 Å². The molecule has 0 aliphatic heterocycles. The third-order valence-electron chi connectivity index (χ3n) is 7.08. The second-order valence-electron chi connectivity index (χ2n) is 9.46. The number of aryl methyl sites for hydroxylation is 3. The number of H-pyrrole nitrogens is 1. The van der Waals surface area contributed by atoms with Gasteiger partial charge < -0.3 is 4.98 Å². The van der Waals surface area contributed by atoms with Crippen LogP contribution in [0.15, 0.2) is 54.9 Å². The molecule has 3 N–H and O–H groups in total. The lowest BCUT2D eigenvalue weighted by Crippen LogP contribution is -2.29. The molecule has 2 heterocycles. The Labute approximate surface area is 209 Å². The molecule has 1 aliphatic carbocycles. The number of rotatable bonds is 8. The third-order valence-corrected chi connectivity index (χ3v) is 7.08. The standard InChI is InChI=1S/C28H30FN5O2/c1-18-22(16-33(2)31-18)17-34(12-11-21-15-30-26-14-23(29)6-8-24(21)26)27-9-5-20-13-19(3-7-25(20)27)4-10-28(35)32-36/h3-4,6-8,10,13-16,27,30,36H,5,9,11-12,17H2,1-2H3,(H,32,35). The molecule has 186 valence electrons. The van der Waals surface area contributed by atoms with Gasteiger partial charge in [-0.1, -0.05) is 18.2 Å². The van der Waals surface area contributed by atoms with Crippen LogP contribution < -0.4 is 5.48 Å². The van der Waals surface area contributed by atoms with Gasteiger partial charge in [0.1, 0.15) is 5.82 Å². The molecule has 2 aromatic carbocycles. The first kappa shape index (κ1) is 24.0. The molecule has 0 radical (unpaired) electrons. The average molecular weight is 488 g/mol. The predicted molar refractivity (Wildman–Crippen MR) is 137 cm³/mol. The summed E-state index contributed by atoms with van der Waals surface area (Å²) in [7, 11) is 1.95. The van der Waals surface area contributed by atoms with E-state index in [0.29, 0.717) is 0 Å². The van der Waals surface area contributed by atoms with Gasteiger partial charge in [0.15, 0.2) is 0 Å². The molecular weight excluding hydrogens is 457 g/mol. The van der Waals surface area contributed by atoms with Crippen LogP contribution in [0.2, 0.25) is 0 Å². The van der Waals surface area contributed by atoms with E-state index in [1.807, 2.05) is 37.0 Å². The molecule has 0 saturated carbocycles. The van der Waals surface area contributed by atoms with E-state index in [1.165, 1.54) is 34.4 Å². The smallest absolute Gasteiger partial charge is 0.267 e. The van der Waals surface area contributed by atoms with Gasteiger partial charge in [-0.05, 0) is 72.7 Å². The lowest BCUT2D eigenvalue weighted by molar-refractivity contribution is -0.124. The molecule has 0 spiro atoms. The minimum Gasteiger partial charge on any atom is -0.361 e. The van der Waals surface area contributed by atoms with Crippen LogP contribution >= 0.6 is 0 Å². The van der Waals surface area contributed by atoms with Crippen LogP contribution in [0.5, 0.6) is 0 Å². The van der Waals surface area contributed by atoms with Crippen LogP contribution in [0.3, 0.4) is 0 Å². The van der Waals surface area contributed by atoms with Crippen LogP contribution in [0.25, 0.3) is 17.0 Å². The zero-order chi connectivity index (χ0) is 25.2. The number of amides is 1. The quantitative estimate of drug-likeness (QED) is 0.193. The minimum atomic E-state index is -0.550. The minimum absolute atomic E-state index is 0.238. The highest BCUT2D eigenvalue weighted by molar-refractivity contribution is 5.90. The van der Waals surface area contributed by atoms with E-state index in [0.717, 1.165) is 54.5 Å². The summed E-state index contributed by atoms with van der Waals surface area (Å²) in [6.07, 6.45) is 9.91. The Hall–Kier alpha value is -3.75. The summed E-state index contributed by atoms with van der Waals surface area (Å²) in [5.41, 5.74) is 9.38. The molecule has 0 bridgehead atoms. The molecule has 5 rings (SSSR count). The molecule has 1 aliphatic rings. The maximum atomic E-state index is 13.7. The average Bonchev–Trinajstić information content (AvgIpc) is 3.56. The number of carbonyl (C=O) groups is 1. The van der Waals surface area contributed by atoms with E-state index in [-0.39, 0.29) is 11.9 Å². The van der Waals surface area contributed by atoms with Crippen molar-refractivity contribution in [2.75, 3.05) is 6.54 Å². The summed E-state index contributed by atoms with van der Waals surface area (Å²) in [6.45, 7) is 3.69. The molecule has 1 amide bonds. The van der Waals surface area contributed by atoms with Crippen LogP contribution in [0.1, 0.15) is 46.0 Å². The first-order valence-corrected chi connectivity index (χ1v) is 12.1. The fourth-order valence-electron chi connectivity index (χ4n) is 5.30. The van der Waals surface area contributed by atoms with Gasteiger partial charge in [-0.15, -0.1) is 0 Å². The number of nitrogens with one attached hydrogen (secondary N) is 2. The largest absolute Gasteiger partial charge is 0.361 e. The molecule has 8 heteroatoms. The van der Waals surface area contributed by atoms with Crippen molar-refractivity contribution < 1.29 is 14.4 Å². The Kier molecular flexibility index (Phi) is 6.71. The Balaban J connectivity index is 1.40. The van der Waals surface area contributed by atoms with E-state index < -0.39 is 5.91 Å². The number of benzene rings is 2. The second kappa shape index (κ2) is 10.1. The normalized spacial score (nSPS) is 15.3. The van der Waals surface area contributed by atoms with Crippen LogP contribution in [0, 0.1) is 12.7 Å². The summed E-state index contributed by atoms with van der Waals surface area (Å²) < 4.78 is 15.5. The topological polar surface area (TPSA) is 86.2 Å². The van der Waals surface area contributed by atoms with Crippen molar-refractivity contribution in [1.29, 1.82) is 0 Å². The van der Waals surface area contributed by atoms with E-state index >= 15 is 0 Å². The van der Waals surface area contributed by atoms with Crippen molar-refractivity contribution in [3.05, 3.63) is 94.2 Å². The molecule has 2 aromatic heterocycles. The molecule has 0 fully saturated rings. The fraction of sp³-hybridized carbons (Fsp3) is 0.286. The van der Waals surface area contributed by atoms with E-state index in [1.54, 1.807) is 17.6 Å². The Morgan fingerprint density at radius 2 is 2.17 bits per heavy atom. The second-order valence-corrected chi connectivity index (χ2v) is 9.46. The molecular formula is C28H30FN5O2. The SMILES string of the molecule is Cc1nn(C)cc1CN(CCc1c[nH]c2cc(F)ccc12)C1CCc2cc(C=CC(=O)NO)ccc21. The van der Waals surface area contributed by atoms with Gasteiger partial charge in [-0.3, -0.25) is 19.6 Å². The summed E-state index contributed by atoms with van der Waals surface area (Å²) in [5.74, 6) is -0.787. The van der Waals surface area contributed by atoms with Crippen LogP contribution in [-0.4, -0.2) is 37.3 Å². The van der Waals surface area contributed by atoms with Crippen molar-refractivity contribution in [1.82, 2.24) is 25.1 Å². The fourth-order valence-corrected chi connectivity index (χ4v) is 5.30. The Bertz CT molecular complexity index is 1440. The maximum absolute atomic E-state index is 13.7. The zero-order valence-corrected chi connectivity index (χ0v) is 20.5. The summed E-state index contributed by atoms with van der Waals surface area (Å²) in [5, 5.41) is 14.3.